The van der Waals surface area contributed by atoms with E-state index in [1.54, 1.807) is 20.1 Å². The van der Waals surface area contributed by atoms with Crippen LogP contribution in [0.15, 0.2) is 23.8 Å². The van der Waals surface area contributed by atoms with Gasteiger partial charge >= 0.3 is 17.9 Å². The topological polar surface area (TPSA) is 116 Å². The van der Waals surface area contributed by atoms with Gasteiger partial charge in [-0.05, 0) is 56.9 Å². The van der Waals surface area contributed by atoms with E-state index in [0.29, 0.717) is 12.0 Å². The third-order valence-corrected chi connectivity index (χ3v) is 10.4. The second-order valence-corrected chi connectivity index (χ2v) is 14.0. The van der Waals surface area contributed by atoms with E-state index < -0.39 is 80.1 Å². The highest BCUT2D eigenvalue weighted by molar-refractivity contribution is 7.98. The Bertz CT molecular complexity index is 1170. The molecule has 0 amide bonds. The van der Waals surface area contributed by atoms with Gasteiger partial charge in [0.1, 0.15) is 5.94 Å². The van der Waals surface area contributed by atoms with E-state index in [9.17, 15) is 24.3 Å². The molecule has 222 valence electrons. The zero-order chi connectivity index (χ0) is 29.8. The van der Waals surface area contributed by atoms with Gasteiger partial charge in [0, 0.05) is 16.7 Å². The number of thioether (sulfide) groups is 1. The summed E-state index contributed by atoms with van der Waals surface area (Å²) in [6.07, 6.45) is 2.59. The summed E-state index contributed by atoms with van der Waals surface area (Å²) in [4.78, 5) is 48.1. The monoisotopic (exact) mass is 660 g/mol. The van der Waals surface area contributed by atoms with Crippen molar-refractivity contribution < 1.29 is 42.9 Å². The van der Waals surface area contributed by atoms with Crippen molar-refractivity contribution in [3.05, 3.63) is 23.8 Å². The normalized spacial score (nSPS) is 40.2. The maximum Gasteiger partial charge on any atom is 0.356 e. The molecular weight excluding hydrogens is 633 g/mol. The van der Waals surface area contributed by atoms with Gasteiger partial charge in [0.05, 0.1) is 6.10 Å². The van der Waals surface area contributed by atoms with Crippen LogP contribution in [0.5, 0.6) is 0 Å². The number of hydrogen-bond donors (Lipinski definition) is 1. The largest absolute Gasteiger partial charge is 0.455 e. The van der Waals surface area contributed by atoms with Crippen LogP contribution in [0.1, 0.15) is 39.5 Å². The number of ketones is 1. The minimum absolute atomic E-state index is 0.150. The summed E-state index contributed by atoms with van der Waals surface area (Å²) in [5.41, 5.74) is -6.95. The molecule has 0 aliphatic heterocycles. The number of ether oxygens (including phenoxy) is 3. The van der Waals surface area contributed by atoms with E-state index in [2.05, 4.69) is 0 Å². The molecule has 8 atom stereocenters. The van der Waals surface area contributed by atoms with E-state index >= 15 is 4.39 Å². The van der Waals surface area contributed by atoms with Crippen LogP contribution in [0, 0.1) is 22.7 Å². The van der Waals surface area contributed by atoms with E-state index in [4.69, 9.17) is 60.6 Å². The van der Waals surface area contributed by atoms with Crippen LogP contribution in [0.2, 0.25) is 0 Å². The Labute approximate surface area is 255 Å². The molecule has 14 heteroatoms. The van der Waals surface area contributed by atoms with Crippen LogP contribution in [0.4, 0.5) is 4.39 Å². The highest BCUT2D eigenvalue weighted by Crippen LogP contribution is 2.70. The van der Waals surface area contributed by atoms with Crippen LogP contribution in [0.25, 0.3) is 0 Å². The summed E-state index contributed by atoms with van der Waals surface area (Å²) in [6, 6.07) is 0. The van der Waals surface area contributed by atoms with Gasteiger partial charge in [0.15, 0.2) is 17.6 Å². The Morgan fingerprint density at radius 3 is 2.40 bits per heavy atom. The highest BCUT2D eigenvalue weighted by atomic mass is 35.5. The number of allylic oxidation sites excluding steroid dienone is 4. The van der Waals surface area contributed by atoms with Gasteiger partial charge in [-0.25, -0.2) is 18.8 Å². The minimum atomic E-state index is -2.37. The van der Waals surface area contributed by atoms with Crippen molar-refractivity contribution in [1.82, 2.24) is 0 Å². The number of aliphatic hydroxyl groups is 1. The number of hydrogen-bond acceptors (Lipinski definition) is 9. The summed E-state index contributed by atoms with van der Waals surface area (Å²) < 4.78 is 34.3. The standard InChI is InChI=1S/C26H29Cl4FO8S/c1-23-7-6-13(32)8-12(23)4-5-14-15-9-17(38-20(34)18(27)28)26(22(36)37-11-40-3,39-21(35)19(29)30)24(15,2)10-16(33)25(14,23)31/h6-8,14-19,33H,4-5,9-11H2,1-3H3/t14-,15-,16-,17+,23-,24-,25-,26-/m0/s1. The fourth-order valence-corrected chi connectivity index (χ4v) is 7.94. The summed E-state index contributed by atoms with van der Waals surface area (Å²) in [5, 5.41) is 11.6. The molecule has 0 aromatic carbocycles. The van der Waals surface area contributed by atoms with Crippen LogP contribution < -0.4 is 0 Å². The van der Waals surface area contributed by atoms with Gasteiger partial charge in [-0.15, -0.1) is 11.8 Å². The molecule has 0 aromatic heterocycles. The van der Waals surface area contributed by atoms with Crippen molar-refractivity contribution in [2.75, 3.05) is 12.2 Å². The summed E-state index contributed by atoms with van der Waals surface area (Å²) in [5.74, 6) is -5.54. The number of halogens is 5. The zero-order valence-electron chi connectivity index (χ0n) is 21.8. The molecular formula is C26H29Cl4FO8S. The van der Waals surface area contributed by atoms with Crippen molar-refractivity contribution in [1.29, 1.82) is 0 Å². The fourth-order valence-electron chi connectivity index (χ4n) is 7.52. The lowest BCUT2D eigenvalue weighted by Gasteiger charge is -2.62. The van der Waals surface area contributed by atoms with Gasteiger partial charge in [-0.2, -0.15) is 0 Å². The number of carbonyl (C=O) groups is 4. The second kappa shape index (κ2) is 11.2. The SMILES string of the molecule is CSCOC(=O)[C@@]1(OC(=O)C(Cl)Cl)[C@H](OC(=O)C(Cl)Cl)C[C@H]2[C@@H]3CCC4=CC(=O)C=C[C@]4(C)[C@@]3(F)[C@@H](O)C[C@@]21C. The Hall–Kier alpha value is -1.04. The quantitative estimate of drug-likeness (QED) is 0.180. The van der Waals surface area contributed by atoms with Gasteiger partial charge in [0.2, 0.25) is 9.67 Å². The van der Waals surface area contributed by atoms with E-state index in [1.807, 2.05) is 0 Å². The zero-order valence-corrected chi connectivity index (χ0v) is 25.7. The van der Waals surface area contributed by atoms with Crippen LogP contribution in [-0.4, -0.2) is 74.1 Å². The Morgan fingerprint density at radius 1 is 1.15 bits per heavy atom. The van der Waals surface area contributed by atoms with Crippen molar-refractivity contribution in [2.45, 2.75) is 72.7 Å². The average molecular weight is 662 g/mol. The van der Waals surface area contributed by atoms with Crippen molar-refractivity contribution >= 4 is 81.9 Å². The minimum Gasteiger partial charge on any atom is -0.455 e. The maximum atomic E-state index is 17.6. The molecule has 4 rings (SSSR count). The van der Waals surface area contributed by atoms with E-state index in [-0.39, 0.29) is 24.6 Å². The third kappa shape index (κ3) is 4.60. The molecule has 3 fully saturated rings. The van der Waals surface area contributed by atoms with Gasteiger partial charge in [-0.1, -0.05) is 65.0 Å². The Morgan fingerprint density at radius 2 is 1.80 bits per heavy atom. The molecule has 3 saturated carbocycles. The maximum absolute atomic E-state index is 17.6. The molecule has 0 heterocycles. The van der Waals surface area contributed by atoms with Crippen molar-refractivity contribution in [2.24, 2.45) is 22.7 Å². The summed E-state index contributed by atoms with van der Waals surface area (Å²) in [6.45, 7) is 3.19. The molecule has 0 radical (unpaired) electrons. The molecule has 0 aromatic rings. The lowest BCUT2D eigenvalue weighted by atomic mass is 9.45. The molecule has 8 nitrogen and oxygen atoms in total. The smallest absolute Gasteiger partial charge is 0.356 e. The van der Waals surface area contributed by atoms with Gasteiger partial charge < -0.3 is 19.3 Å². The number of aliphatic hydroxyl groups excluding tert-OH is 1. The molecule has 4 aliphatic carbocycles. The predicted octanol–water partition coefficient (Wildman–Crippen LogP) is 4.63. The lowest BCUT2D eigenvalue weighted by molar-refractivity contribution is -0.240. The third-order valence-electron chi connectivity index (χ3n) is 9.29. The molecule has 0 unspecified atom stereocenters. The molecule has 40 heavy (non-hydrogen) atoms. The van der Waals surface area contributed by atoms with Gasteiger partial charge in [0.25, 0.3) is 5.60 Å². The second-order valence-electron chi connectivity index (χ2n) is 11.0. The average Bonchev–Trinajstić information content (AvgIpc) is 3.11. The first-order chi connectivity index (χ1) is 18.6. The highest BCUT2D eigenvalue weighted by Gasteiger charge is 2.80. The van der Waals surface area contributed by atoms with E-state index in [1.165, 1.54) is 18.2 Å². The molecule has 0 spiro atoms. The Kier molecular flexibility index (Phi) is 8.95. The van der Waals surface area contributed by atoms with Crippen LogP contribution in [0.3, 0.4) is 0 Å². The molecule has 0 bridgehead atoms. The first-order valence-electron chi connectivity index (χ1n) is 12.6. The van der Waals surface area contributed by atoms with Gasteiger partial charge in [-0.3, -0.25) is 4.79 Å². The first kappa shape index (κ1) is 31.9. The first-order valence-corrected chi connectivity index (χ1v) is 15.7. The van der Waals surface area contributed by atoms with Crippen LogP contribution >= 0.6 is 58.2 Å². The molecule has 1 N–H and O–H groups in total. The predicted molar refractivity (Wildman–Crippen MR) is 148 cm³/mol. The number of fused-ring (bicyclic) bond motifs is 5. The molecule has 0 saturated heterocycles. The van der Waals surface area contributed by atoms with Crippen LogP contribution in [-0.2, 0) is 33.4 Å². The number of carbonyl (C=O) groups excluding carboxylic acids is 4. The lowest BCUT2D eigenvalue weighted by Crippen LogP contribution is -2.70. The van der Waals surface area contributed by atoms with Crippen molar-refractivity contribution in [3.8, 4) is 0 Å². The summed E-state index contributed by atoms with van der Waals surface area (Å²) in [7, 11) is 0. The summed E-state index contributed by atoms with van der Waals surface area (Å²) >= 11 is 24.3. The number of esters is 3. The van der Waals surface area contributed by atoms with E-state index in [0.717, 1.165) is 11.8 Å². The molecule has 4 aliphatic rings. The Balaban J connectivity index is 1.90. The number of rotatable bonds is 7. The van der Waals surface area contributed by atoms with Crippen molar-refractivity contribution in [3.63, 3.8) is 0 Å². The fraction of sp³-hybridized carbons (Fsp3) is 0.692. The number of alkyl halides is 5.